The number of para-hydroxylation sites is 1. The standard InChI is InChI=1S/C20H16N6O/c27-20(26-16-7-1-5-15-6-3-9-22-19(15)16)17-10-18(25-13-24-17)23-12-14-4-2-8-21-11-14/h1-11,13H,12H2,(H,26,27)(H,23,24,25). The number of carbonyl (C=O) groups excluding carboxylic acids is 1. The van der Waals surface area contributed by atoms with E-state index < -0.39 is 0 Å². The number of anilines is 2. The van der Waals surface area contributed by atoms with E-state index in [1.165, 1.54) is 6.33 Å². The van der Waals surface area contributed by atoms with Crippen molar-refractivity contribution in [1.29, 1.82) is 0 Å². The molecular weight excluding hydrogens is 340 g/mol. The number of nitrogens with zero attached hydrogens (tertiary/aromatic N) is 4. The summed E-state index contributed by atoms with van der Waals surface area (Å²) in [5.41, 5.74) is 2.66. The summed E-state index contributed by atoms with van der Waals surface area (Å²) in [5.74, 6) is 0.245. The second-order valence-electron chi connectivity index (χ2n) is 5.84. The van der Waals surface area contributed by atoms with Crippen molar-refractivity contribution in [2.24, 2.45) is 0 Å². The highest BCUT2D eigenvalue weighted by atomic mass is 16.1. The van der Waals surface area contributed by atoms with Crippen molar-refractivity contribution < 1.29 is 4.79 Å². The molecule has 3 aromatic heterocycles. The van der Waals surface area contributed by atoms with E-state index in [4.69, 9.17) is 0 Å². The van der Waals surface area contributed by atoms with Gasteiger partial charge < -0.3 is 10.6 Å². The molecule has 0 aliphatic carbocycles. The minimum atomic E-state index is -0.319. The zero-order valence-corrected chi connectivity index (χ0v) is 14.3. The third-order valence-electron chi connectivity index (χ3n) is 3.98. The molecule has 7 nitrogen and oxygen atoms in total. The molecule has 0 bridgehead atoms. The fourth-order valence-corrected chi connectivity index (χ4v) is 2.66. The van der Waals surface area contributed by atoms with E-state index in [9.17, 15) is 4.79 Å². The van der Waals surface area contributed by atoms with Crippen LogP contribution in [0, 0.1) is 0 Å². The summed E-state index contributed by atoms with van der Waals surface area (Å²) in [6.07, 6.45) is 6.55. The Bertz CT molecular complexity index is 1080. The second kappa shape index (κ2) is 7.57. The van der Waals surface area contributed by atoms with Crippen LogP contribution in [0.4, 0.5) is 11.5 Å². The molecule has 0 saturated carbocycles. The number of nitrogens with one attached hydrogen (secondary N) is 2. The Morgan fingerprint density at radius 3 is 2.74 bits per heavy atom. The van der Waals surface area contributed by atoms with Crippen LogP contribution < -0.4 is 10.6 Å². The topological polar surface area (TPSA) is 92.7 Å². The number of pyridine rings is 2. The van der Waals surface area contributed by atoms with E-state index in [1.54, 1.807) is 24.7 Å². The van der Waals surface area contributed by atoms with Crippen LogP contribution in [0.5, 0.6) is 0 Å². The van der Waals surface area contributed by atoms with E-state index in [2.05, 4.69) is 30.6 Å². The molecule has 132 valence electrons. The molecule has 3 heterocycles. The second-order valence-corrected chi connectivity index (χ2v) is 5.84. The fourth-order valence-electron chi connectivity index (χ4n) is 2.66. The summed E-state index contributed by atoms with van der Waals surface area (Å²) in [5, 5.41) is 6.99. The smallest absolute Gasteiger partial charge is 0.274 e. The first kappa shape index (κ1) is 16.6. The van der Waals surface area contributed by atoms with Gasteiger partial charge in [0.25, 0.3) is 5.91 Å². The first-order valence-corrected chi connectivity index (χ1v) is 8.39. The van der Waals surface area contributed by atoms with Crippen molar-refractivity contribution >= 4 is 28.3 Å². The van der Waals surface area contributed by atoms with Crippen molar-refractivity contribution in [2.45, 2.75) is 6.54 Å². The van der Waals surface area contributed by atoms with Gasteiger partial charge in [-0.2, -0.15) is 0 Å². The molecule has 1 amide bonds. The largest absolute Gasteiger partial charge is 0.366 e. The maximum absolute atomic E-state index is 12.6. The number of aromatic nitrogens is 4. The first-order valence-electron chi connectivity index (χ1n) is 8.39. The lowest BCUT2D eigenvalue weighted by Crippen LogP contribution is -2.15. The summed E-state index contributed by atoms with van der Waals surface area (Å²) >= 11 is 0. The maximum atomic E-state index is 12.6. The van der Waals surface area contributed by atoms with Gasteiger partial charge in [0, 0.05) is 36.6 Å². The van der Waals surface area contributed by atoms with Crippen molar-refractivity contribution in [3.8, 4) is 0 Å². The molecule has 4 rings (SSSR count). The van der Waals surface area contributed by atoms with Crippen LogP contribution in [-0.2, 0) is 6.54 Å². The van der Waals surface area contributed by atoms with Gasteiger partial charge in [0.05, 0.1) is 11.2 Å². The predicted molar refractivity (Wildman–Crippen MR) is 103 cm³/mol. The van der Waals surface area contributed by atoms with Gasteiger partial charge in [-0.05, 0) is 23.8 Å². The lowest BCUT2D eigenvalue weighted by atomic mass is 10.2. The van der Waals surface area contributed by atoms with Crippen LogP contribution in [0.1, 0.15) is 16.1 Å². The van der Waals surface area contributed by atoms with E-state index >= 15 is 0 Å². The van der Waals surface area contributed by atoms with Crippen molar-refractivity contribution in [1.82, 2.24) is 19.9 Å². The highest BCUT2D eigenvalue weighted by molar-refractivity contribution is 6.07. The van der Waals surface area contributed by atoms with Gasteiger partial charge in [0.15, 0.2) is 0 Å². The number of hydrogen-bond acceptors (Lipinski definition) is 6. The van der Waals surface area contributed by atoms with Crippen LogP contribution in [0.3, 0.4) is 0 Å². The van der Waals surface area contributed by atoms with Crippen LogP contribution in [0.15, 0.2) is 73.4 Å². The molecule has 2 N–H and O–H groups in total. The zero-order chi connectivity index (χ0) is 18.5. The minimum absolute atomic E-state index is 0.270. The Morgan fingerprint density at radius 2 is 1.85 bits per heavy atom. The zero-order valence-electron chi connectivity index (χ0n) is 14.3. The van der Waals surface area contributed by atoms with Crippen LogP contribution in [0.2, 0.25) is 0 Å². The van der Waals surface area contributed by atoms with Gasteiger partial charge in [-0.1, -0.05) is 24.3 Å². The Labute approximate surface area is 155 Å². The predicted octanol–water partition coefficient (Wildman–Crippen LogP) is 3.28. The van der Waals surface area contributed by atoms with Crippen LogP contribution in [0.25, 0.3) is 10.9 Å². The molecule has 7 heteroatoms. The fraction of sp³-hybridized carbons (Fsp3) is 0.0500. The number of rotatable bonds is 5. The third-order valence-corrected chi connectivity index (χ3v) is 3.98. The van der Waals surface area contributed by atoms with Gasteiger partial charge in [0.1, 0.15) is 17.8 Å². The summed E-state index contributed by atoms with van der Waals surface area (Å²) in [7, 11) is 0. The van der Waals surface area contributed by atoms with E-state index in [0.29, 0.717) is 18.1 Å². The Kier molecular flexibility index (Phi) is 4.65. The highest BCUT2D eigenvalue weighted by Crippen LogP contribution is 2.21. The quantitative estimate of drug-likeness (QED) is 0.570. The summed E-state index contributed by atoms with van der Waals surface area (Å²) in [6, 6.07) is 14.9. The van der Waals surface area contributed by atoms with Crippen LogP contribution in [-0.4, -0.2) is 25.8 Å². The van der Waals surface area contributed by atoms with Gasteiger partial charge in [-0.15, -0.1) is 0 Å². The monoisotopic (exact) mass is 356 g/mol. The van der Waals surface area contributed by atoms with Gasteiger partial charge >= 0.3 is 0 Å². The Balaban J connectivity index is 1.50. The normalized spacial score (nSPS) is 10.5. The summed E-state index contributed by atoms with van der Waals surface area (Å²) < 4.78 is 0. The third kappa shape index (κ3) is 3.87. The minimum Gasteiger partial charge on any atom is -0.366 e. The summed E-state index contributed by atoms with van der Waals surface area (Å²) in [4.78, 5) is 29.3. The number of amides is 1. The van der Waals surface area contributed by atoms with Gasteiger partial charge in [-0.3, -0.25) is 14.8 Å². The molecule has 27 heavy (non-hydrogen) atoms. The molecule has 0 radical (unpaired) electrons. The molecule has 0 aliphatic rings. The first-order chi connectivity index (χ1) is 13.3. The summed E-state index contributed by atoms with van der Waals surface area (Å²) in [6.45, 7) is 0.555. The number of carbonyl (C=O) groups is 1. The number of hydrogen-bond donors (Lipinski definition) is 2. The molecule has 0 fully saturated rings. The molecule has 4 aromatic rings. The Morgan fingerprint density at radius 1 is 0.963 bits per heavy atom. The van der Waals surface area contributed by atoms with Crippen molar-refractivity contribution in [3.63, 3.8) is 0 Å². The van der Waals surface area contributed by atoms with Gasteiger partial charge in [-0.25, -0.2) is 9.97 Å². The highest BCUT2D eigenvalue weighted by Gasteiger charge is 2.11. The molecule has 0 saturated heterocycles. The van der Waals surface area contributed by atoms with Crippen molar-refractivity contribution in [2.75, 3.05) is 10.6 Å². The maximum Gasteiger partial charge on any atom is 0.274 e. The molecule has 1 aromatic carbocycles. The molecule has 0 aliphatic heterocycles. The molecule has 0 unspecified atom stereocenters. The van der Waals surface area contributed by atoms with Crippen molar-refractivity contribution in [3.05, 3.63) is 84.7 Å². The number of benzene rings is 1. The van der Waals surface area contributed by atoms with Gasteiger partial charge in [0.2, 0.25) is 0 Å². The Hall–Kier alpha value is -3.87. The SMILES string of the molecule is O=C(Nc1cccc2cccnc12)c1cc(NCc2cccnc2)ncn1. The lowest BCUT2D eigenvalue weighted by Gasteiger charge is -2.09. The lowest BCUT2D eigenvalue weighted by molar-refractivity contribution is 0.102. The molecule has 0 atom stereocenters. The molecular formula is C20H16N6O. The van der Waals surface area contributed by atoms with E-state index in [-0.39, 0.29) is 11.6 Å². The average Bonchev–Trinajstić information content (AvgIpc) is 2.73. The van der Waals surface area contributed by atoms with Crippen LogP contribution >= 0.6 is 0 Å². The molecule has 0 spiro atoms. The van der Waals surface area contributed by atoms with E-state index in [0.717, 1.165) is 16.5 Å². The van der Waals surface area contributed by atoms with E-state index in [1.807, 2.05) is 42.5 Å². The average molecular weight is 356 g/mol. The number of fused-ring (bicyclic) bond motifs is 1.